The molecule has 2 N–H and O–H groups in total. The molecule has 0 atom stereocenters. The molecule has 63 valence electrons. The van der Waals surface area contributed by atoms with Crippen LogP contribution in [-0.2, 0) is 0 Å². The minimum Gasteiger partial charge on any atom is -0.399 e. The van der Waals surface area contributed by atoms with Crippen molar-refractivity contribution in [2.24, 2.45) is 0 Å². The van der Waals surface area contributed by atoms with Gasteiger partial charge in [-0.05, 0) is 30.0 Å². The molecule has 0 saturated heterocycles. The second-order valence-corrected chi connectivity index (χ2v) is 3.27. The highest BCUT2D eigenvalue weighted by Crippen LogP contribution is 2.19. The second kappa shape index (κ2) is 4.20. The van der Waals surface area contributed by atoms with Crippen LogP contribution in [0.5, 0.6) is 0 Å². The molecule has 3 radical (unpaired) electrons. The summed E-state index contributed by atoms with van der Waals surface area (Å²) in [6.07, 6.45) is 0. The van der Waals surface area contributed by atoms with Crippen LogP contribution in [0.3, 0.4) is 0 Å². The fourth-order valence-electron chi connectivity index (χ4n) is 1.02. The summed E-state index contributed by atoms with van der Waals surface area (Å²) in [6.45, 7) is 6.37. The molecule has 0 aliphatic heterocycles. The lowest BCUT2D eigenvalue weighted by Gasteiger charge is -2.07. The van der Waals surface area contributed by atoms with E-state index in [4.69, 9.17) is 5.73 Å². The third kappa shape index (κ3) is 2.30. The van der Waals surface area contributed by atoms with Crippen molar-refractivity contribution < 1.29 is 0 Å². The van der Waals surface area contributed by atoms with Crippen LogP contribution in [-0.4, -0.2) is 8.41 Å². The lowest BCUT2D eigenvalue weighted by molar-refractivity contribution is 0.866. The SMILES string of the molecule is Cc1ccc(C(C)C)cc1N.[B]. The Kier molecular flexibility index (Phi) is 3.88. The topological polar surface area (TPSA) is 26.0 Å². The van der Waals surface area contributed by atoms with Crippen molar-refractivity contribution in [1.82, 2.24) is 0 Å². The van der Waals surface area contributed by atoms with E-state index in [0.29, 0.717) is 5.92 Å². The molecule has 0 spiro atoms. The normalized spacial score (nSPS) is 9.67. The number of nitrogens with two attached hydrogens (primary N) is 1. The molecule has 1 nitrogen and oxygen atoms in total. The Morgan fingerprint density at radius 3 is 2.25 bits per heavy atom. The van der Waals surface area contributed by atoms with E-state index in [0.717, 1.165) is 11.3 Å². The van der Waals surface area contributed by atoms with Gasteiger partial charge in [-0.15, -0.1) is 0 Å². The zero-order valence-electron chi connectivity index (χ0n) is 7.96. The maximum atomic E-state index is 5.76. The Morgan fingerprint density at radius 2 is 1.83 bits per heavy atom. The fraction of sp³-hybridized carbons (Fsp3) is 0.400. The fourth-order valence-corrected chi connectivity index (χ4v) is 1.02. The van der Waals surface area contributed by atoms with E-state index >= 15 is 0 Å². The standard InChI is InChI=1S/C10H15N.B/c1-7(2)9-5-4-8(3)10(11)6-9;/h4-7H,11H2,1-3H3;. The molecule has 0 aromatic heterocycles. The monoisotopic (exact) mass is 160 g/mol. The maximum absolute atomic E-state index is 5.76. The molecule has 0 heterocycles. The molecule has 2 heteroatoms. The first-order valence-electron chi connectivity index (χ1n) is 3.97. The summed E-state index contributed by atoms with van der Waals surface area (Å²) in [5.74, 6) is 0.567. The Hall–Kier alpha value is -0.915. The van der Waals surface area contributed by atoms with E-state index in [9.17, 15) is 0 Å². The van der Waals surface area contributed by atoms with Crippen LogP contribution in [0.2, 0.25) is 0 Å². The van der Waals surface area contributed by atoms with Gasteiger partial charge in [-0.3, -0.25) is 0 Å². The molecule has 0 amide bonds. The highest BCUT2D eigenvalue weighted by atomic mass is 14.6. The number of anilines is 1. The summed E-state index contributed by atoms with van der Waals surface area (Å²) in [5, 5.41) is 0. The molecule has 1 aromatic carbocycles. The van der Waals surface area contributed by atoms with Crippen molar-refractivity contribution in [1.29, 1.82) is 0 Å². The summed E-state index contributed by atoms with van der Waals surface area (Å²) in [7, 11) is 0. The van der Waals surface area contributed by atoms with Crippen molar-refractivity contribution in [3.63, 3.8) is 0 Å². The van der Waals surface area contributed by atoms with Crippen LogP contribution in [0.25, 0.3) is 0 Å². The predicted molar refractivity (Wildman–Crippen MR) is 55.4 cm³/mol. The Balaban J connectivity index is 0.00000121. The molecule has 0 unspecified atom stereocenters. The summed E-state index contributed by atoms with van der Waals surface area (Å²) >= 11 is 0. The van der Waals surface area contributed by atoms with E-state index < -0.39 is 0 Å². The van der Waals surface area contributed by atoms with Crippen LogP contribution in [0.15, 0.2) is 18.2 Å². The van der Waals surface area contributed by atoms with Crippen molar-refractivity contribution in [3.05, 3.63) is 29.3 Å². The maximum Gasteiger partial charge on any atom is 0.0346 e. The average molecular weight is 160 g/mol. The molecular formula is C10H15BN. The molecule has 0 fully saturated rings. The summed E-state index contributed by atoms with van der Waals surface area (Å²) in [4.78, 5) is 0. The quantitative estimate of drug-likeness (QED) is 0.495. The Bertz CT molecular complexity index is 256. The molecule has 0 aliphatic carbocycles. The van der Waals surface area contributed by atoms with Gasteiger partial charge < -0.3 is 5.73 Å². The zero-order chi connectivity index (χ0) is 8.43. The van der Waals surface area contributed by atoms with Gasteiger partial charge in [0.1, 0.15) is 0 Å². The van der Waals surface area contributed by atoms with Crippen LogP contribution >= 0.6 is 0 Å². The lowest BCUT2D eigenvalue weighted by Crippen LogP contribution is -1.93. The van der Waals surface area contributed by atoms with Crippen molar-refractivity contribution >= 4 is 14.1 Å². The highest BCUT2D eigenvalue weighted by molar-refractivity contribution is 5.75. The van der Waals surface area contributed by atoms with Crippen LogP contribution in [0, 0.1) is 6.92 Å². The minimum absolute atomic E-state index is 0. The van der Waals surface area contributed by atoms with Gasteiger partial charge in [0.05, 0.1) is 0 Å². The number of aryl methyl sites for hydroxylation is 1. The molecule has 0 aliphatic rings. The van der Waals surface area contributed by atoms with Gasteiger partial charge in [-0.1, -0.05) is 26.0 Å². The molecule has 0 saturated carbocycles. The summed E-state index contributed by atoms with van der Waals surface area (Å²) < 4.78 is 0. The van der Waals surface area contributed by atoms with Gasteiger partial charge in [-0.25, -0.2) is 0 Å². The second-order valence-electron chi connectivity index (χ2n) is 3.27. The number of benzene rings is 1. The zero-order valence-corrected chi connectivity index (χ0v) is 7.96. The lowest BCUT2D eigenvalue weighted by atomic mass is 10.0. The molecule has 0 bridgehead atoms. The van der Waals surface area contributed by atoms with Crippen LogP contribution in [0.4, 0.5) is 5.69 Å². The van der Waals surface area contributed by atoms with Crippen LogP contribution in [0.1, 0.15) is 30.9 Å². The van der Waals surface area contributed by atoms with Gasteiger partial charge in [0.25, 0.3) is 0 Å². The van der Waals surface area contributed by atoms with Gasteiger partial charge in [0.15, 0.2) is 0 Å². The number of nitrogen functional groups attached to an aromatic ring is 1. The van der Waals surface area contributed by atoms with E-state index in [1.807, 2.05) is 6.92 Å². The van der Waals surface area contributed by atoms with E-state index in [2.05, 4.69) is 32.0 Å². The number of rotatable bonds is 1. The molecular weight excluding hydrogens is 145 g/mol. The largest absolute Gasteiger partial charge is 0.399 e. The van der Waals surface area contributed by atoms with E-state index in [1.54, 1.807) is 0 Å². The van der Waals surface area contributed by atoms with Crippen LogP contribution < -0.4 is 5.73 Å². The first kappa shape index (κ1) is 11.1. The smallest absolute Gasteiger partial charge is 0.0346 e. The van der Waals surface area contributed by atoms with E-state index in [1.165, 1.54) is 5.56 Å². The number of hydrogen-bond donors (Lipinski definition) is 1. The van der Waals surface area contributed by atoms with Gasteiger partial charge in [0.2, 0.25) is 0 Å². The first-order valence-corrected chi connectivity index (χ1v) is 3.97. The predicted octanol–water partition coefficient (Wildman–Crippen LogP) is 2.32. The minimum atomic E-state index is 0. The number of hydrogen-bond acceptors (Lipinski definition) is 1. The van der Waals surface area contributed by atoms with Crippen molar-refractivity contribution in [3.8, 4) is 0 Å². The highest BCUT2D eigenvalue weighted by Gasteiger charge is 1.99. The van der Waals surface area contributed by atoms with Gasteiger partial charge >= 0.3 is 0 Å². The Morgan fingerprint density at radius 1 is 1.25 bits per heavy atom. The first-order chi connectivity index (χ1) is 5.11. The third-order valence-corrected chi connectivity index (χ3v) is 1.97. The van der Waals surface area contributed by atoms with Gasteiger partial charge in [-0.2, -0.15) is 0 Å². The summed E-state index contributed by atoms with van der Waals surface area (Å²) in [6, 6.07) is 6.26. The molecule has 1 rings (SSSR count). The Labute approximate surface area is 76.6 Å². The summed E-state index contributed by atoms with van der Waals surface area (Å²) in [5.41, 5.74) is 9.13. The van der Waals surface area contributed by atoms with E-state index in [-0.39, 0.29) is 8.41 Å². The molecule has 12 heavy (non-hydrogen) atoms. The average Bonchev–Trinajstić information content (AvgIpc) is 1.94. The molecule has 1 aromatic rings. The third-order valence-electron chi connectivity index (χ3n) is 1.97. The van der Waals surface area contributed by atoms with Crippen molar-refractivity contribution in [2.75, 3.05) is 5.73 Å². The van der Waals surface area contributed by atoms with Gasteiger partial charge in [0, 0.05) is 14.1 Å². The van der Waals surface area contributed by atoms with Crippen molar-refractivity contribution in [2.45, 2.75) is 26.7 Å².